The second kappa shape index (κ2) is 5.54. The van der Waals surface area contributed by atoms with E-state index in [4.69, 9.17) is 4.74 Å². The Morgan fingerprint density at radius 1 is 1.38 bits per heavy atom. The molecule has 2 unspecified atom stereocenters. The largest absolute Gasteiger partial charge is 0.392 e. The summed E-state index contributed by atoms with van der Waals surface area (Å²) < 4.78 is 4.77. The van der Waals surface area contributed by atoms with Gasteiger partial charge in [-0.25, -0.2) is 0 Å². The highest BCUT2D eigenvalue weighted by atomic mass is 16.5. The molecule has 0 aromatic heterocycles. The van der Waals surface area contributed by atoms with Crippen LogP contribution in [0, 0.1) is 5.92 Å². The Hall–Kier alpha value is -0.160. The molecule has 0 heterocycles. The molecule has 0 bridgehead atoms. The molecule has 0 aromatic rings. The van der Waals surface area contributed by atoms with Crippen LogP contribution in [0.2, 0.25) is 0 Å². The zero-order chi connectivity index (χ0) is 9.68. The number of hydrogen-bond donors (Lipinski definition) is 3. The van der Waals surface area contributed by atoms with Crippen LogP contribution in [-0.2, 0) is 4.74 Å². The molecule has 1 rings (SSSR count). The van der Waals surface area contributed by atoms with Crippen LogP contribution in [0.1, 0.15) is 12.8 Å². The van der Waals surface area contributed by atoms with Crippen LogP contribution < -0.4 is 5.32 Å². The summed E-state index contributed by atoms with van der Waals surface area (Å²) in [6.07, 6.45) is 1.57. The van der Waals surface area contributed by atoms with Gasteiger partial charge in [-0.3, -0.25) is 0 Å². The summed E-state index contributed by atoms with van der Waals surface area (Å²) in [4.78, 5) is 0. The molecule has 1 aliphatic rings. The van der Waals surface area contributed by atoms with Gasteiger partial charge in [-0.15, -0.1) is 0 Å². The third-order valence-corrected chi connectivity index (χ3v) is 2.26. The summed E-state index contributed by atoms with van der Waals surface area (Å²) in [6.45, 7) is 1.40. The molecular weight excluding hydrogens is 170 g/mol. The van der Waals surface area contributed by atoms with Crippen LogP contribution in [0.15, 0.2) is 0 Å². The molecule has 3 N–H and O–H groups in total. The molecule has 2 atom stereocenters. The maximum Gasteiger partial charge on any atom is 0.0897 e. The van der Waals surface area contributed by atoms with Crippen molar-refractivity contribution in [1.82, 2.24) is 5.32 Å². The maximum atomic E-state index is 9.46. The average molecular weight is 189 g/mol. The van der Waals surface area contributed by atoms with Crippen molar-refractivity contribution in [2.24, 2.45) is 5.92 Å². The highest BCUT2D eigenvalue weighted by Gasteiger charge is 2.29. The van der Waals surface area contributed by atoms with Crippen molar-refractivity contribution in [3.05, 3.63) is 0 Å². The number of hydrogen-bond acceptors (Lipinski definition) is 4. The van der Waals surface area contributed by atoms with E-state index in [1.54, 1.807) is 7.11 Å². The van der Waals surface area contributed by atoms with E-state index in [2.05, 4.69) is 5.32 Å². The third-order valence-electron chi connectivity index (χ3n) is 2.26. The predicted molar refractivity (Wildman–Crippen MR) is 49.5 cm³/mol. The summed E-state index contributed by atoms with van der Waals surface area (Å²) in [5, 5.41) is 21.7. The lowest BCUT2D eigenvalue weighted by atomic mass is 10.2. The Morgan fingerprint density at radius 3 is 2.62 bits per heavy atom. The molecule has 1 aliphatic carbocycles. The first-order chi connectivity index (χ1) is 6.24. The minimum Gasteiger partial charge on any atom is -0.392 e. The van der Waals surface area contributed by atoms with E-state index in [0.717, 1.165) is 12.8 Å². The van der Waals surface area contributed by atoms with E-state index in [1.807, 2.05) is 0 Å². The minimum absolute atomic E-state index is 0.241. The Morgan fingerprint density at radius 2 is 2.08 bits per heavy atom. The number of ether oxygens (including phenoxy) is 1. The molecule has 13 heavy (non-hydrogen) atoms. The summed E-state index contributed by atoms with van der Waals surface area (Å²) in [5.41, 5.74) is 0. The van der Waals surface area contributed by atoms with Gasteiger partial charge in [0, 0.05) is 20.2 Å². The van der Waals surface area contributed by atoms with Crippen LogP contribution in [-0.4, -0.2) is 49.2 Å². The van der Waals surface area contributed by atoms with Crippen molar-refractivity contribution in [2.75, 3.05) is 26.8 Å². The second-order valence-corrected chi connectivity index (χ2v) is 3.67. The van der Waals surface area contributed by atoms with Gasteiger partial charge in [-0.2, -0.15) is 0 Å². The van der Waals surface area contributed by atoms with Gasteiger partial charge in [-0.05, 0) is 18.8 Å². The normalized spacial score (nSPS) is 21.5. The smallest absolute Gasteiger partial charge is 0.0897 e. The second-order valence-electron chi connectivity index (χ2n) is 3.67. The highest BCUT2D eigenvalue weighted by molar-refractivity contribution is 4.82. The average Bonchev–Trinajstić information content (AvgIpc) is 2.86. The SMILES string of the molecule is COCC(O)CNCC(O)C1CC1. The number of aliphatic hydroxyl groups excluding tert-OH is 2. The summed E-state index contributed by atoms with van der Waals surface area (Å²) in [6, 6.07) is 0. The van der Waals surface area contributed by atoms with Gasteiger partial charge in [0.2, 0.25) is 0 Å². The molecule has 0 amide bonds. The lowest BCUT2D eigenvalue weighted by Crippen LogP contribution is -2.35. The number of nitrogens with one attached hydrogen (secondary N) is 1. The van der Waals surface area contributed by atoms with E-state index >= 15 is 0 Å². The summed E-state index contributed by atoms with van der Waals surface area (Å²) in [5.74, 6) is 0.493. The predicted octanol–water partition coefficient (Wildman–Crippen LogP) is -0.646. The van der Waals surface area contributed by atoms with Crippen LogP contribution in [0.4, 0.5) is 0 Å². The molecule has 1 saturated carbocycles. The quantitative estimate of drug-likeness (QED) is 0.498. The zero-order valence-corrected chi connectivity index (χ0v) is 8.07. The van der Waals surface area contributed by atoms with E-state index in [0.29, 0.717) is 25.6 Å². The van der Waals surface area contributed by atoms with Crippen molar-refractivity contribution in [3.63, 3.8) is 0 Å². The van der Waals surface area contributed by atoms with Gasteiger partial charge in [0.25, 0.3) is 0 Å². The van der Waals surface area contributed by atoms with Gasteiger partial charge in [0.05, 0.1) is 18.8 Å². The lowest BCUT2D eigenvalue weighted by Gasteiger charge is -2.13. The van der Waals surface area contributed by atoms with Crippen molar-refractivity contribution < 1.29 is 14.9 Å². The van der Waals surface area contributed by atoms with Gasteiger partial charge in [0.1, 0.15) is 0 Å². The number of aliphatic hydroxyl groups is 2. The molecule has 0 aliphatic heterocycles. The van der Waals surface area contributed by atoms with E-state index in [9.17, 15) is 10.2 Å². The third kappa shape index (κ3) is 4.57. The van der Waals surface area contributed by atoms with E-state index in [-0.39, 0.29) is 6.10 Å². The zero-order valence-electron chi connectivity index (χ0n) is 8.07. The number of methoxy groups -OCH3 is 1. The molecular formula is C9H19NO3. The van der Waals surface area contributed by atoms with Crippen molar-refractivity contribution >= 4 is 0 Å². The van der Waals surface area contributed by atoms with Crippen molar-refractivity contribution in [2.45, 2.75) is 25.0 Å². The molecule has 0 aromatic carbocycles. The fraction of sp³-hybridized carbons (Fsp3) is 1.00. The first kappa shape index (κ1) is 10.9. The minimum atomic E-state index is -0.476. The molecule has 4 nitrogen and oxygen atoms in total. The van der Waals surface area contributed by atoms with Gasteiger partial charge in [-0.1, -0.05) is 0 Å². The van der Waals surface area contributed by atoms with E-state index < -0.39 is 6.10 Å². The molecule has 4 heteroatoms. The molecule has 78 valence electrons. The molecule has 0 spiro atoms. The Balaban J connectivity index is 1.92. The van der Waals surface area contributed by atoms with Crippen molar-refractivity contribution in [3.8, 4) is 0 Å². The topological polar surface area (TPSA) is 61.7 Å². The molecule has 0 radical (unpaired) electrons. The highest BCUT2D eigenvalue weighted by Crippen LogP contribution is 2.32. The van der Waals surface area contributed by atoms with E-state index in [1.165, 1.54) is 0 Å². The molecule has 1 fully saturated rings. The van der Waals surface area contributed by atoms with Gasteiger partial charge in [0.15, 0.2) is 0 Å². The Labute approximate surface area is 78.9 Å². The fourth-order valence-corrected chi connectivity index (χ4v) is 1.30. The van der Waals surface area contributed by atoms with Crippen LogP contribution in [0.25, 0.3) is 0 Å². The first-order valence-corrected chi connectivity index (χ1v) is 4.80. The summed E-state index contributed by atoms with van der Waals surface area (Å²) in [7, 11) is 1.56. The van der Waals surface area contributed by atoms with Gasteiger partial charge >= 0.3 is 0 Å². The summed E-state index contributed by atoms with van der Waals surface area (Å²) >= 11 is 0. The monoisotopic (exact) mass is 189 g/mol. The Bertz CT molecular complexity index is 139. The van der Waals surface area contributed by atoms with Crippen LogP contribution in [0.5, 0.6) is 0 Å². The maximum absolute atomic E-state index is 9.46. The van der Waals surface area contributed by atoms with Crippen molar-refractivity contribution in [1.29, 1.82) is 0 Å². The first-order valence-electron chi connectivity index (χ1n) is 4.80. The fourth-order valence-electron chi connectivity index (χ4n) is 1.30. The van der Waals surface area contributed by atoms with Gasteiger partial charge < -0.3 is 20.3 Å². The molecule has 0 saturated heterocycles. The van der Waals surface area contributed by atoms with Crippen LogP contribution >= 0.6 is 0 Å². The Kier molecular flexibility index (Phi) is 4.66. The lowest BCUT2D eigenvalue weighted by molar-refractivity contribution is 0.0607. The standard InChI is InChI=1S/C9H19NO3/c1-13-6-8(11)4-10-5-9(12)7-2-3-7/h7-12H,2-6H2,1H3. The van der Waals surface area contributed by atoms with Crippen LogP contribution in [0.3, 0.4) is 0 Å². The number of rotatable bonds is 7.